The van der Waals surface area contributed by atoms with Gasteiger partial charge in [0.25, 0.3) is 0 Å². The molecular formula is C12H16ClNO. The quantitative estimate of drug-likeness (QED) is 0.771. The number of aryl methyl sites for hydroxylation is 1. The fourth-order valence-electron chi connectivity index (χ4n) is 2.25. The molecule has 0 atom stereocenters. The van der Waals surface area contributed by atoms with Crippen molar-refractivity contribution in [3.05, 3.63) is 28.3 Å². The minimum Gasteiger partial charge on any atom is -0.506 e. The summed E-state index contributed by atoms with van der Waals surface area (Å²) in [6.07, 6.45) is 2.28. The highest BCUT2D eigenvalue weighted by Crippen LogP contribution is 2.34. The highest BCUT2D eigenvalue weighted by atomic mass is 35.5. The SMILES string of the molecule is Cc1cc(Cl)c(O)cc1C1CCNCC1. The molecule has 0 amide bonds. The third-order valence-electron chi connectivity index (χ3n) is 3.11. The third kappa shape index (κ3) is 2.27. The number of phenolic OH excluding ortho intramolecular Hbond substituents is 1. The van der Waals surface area contributed by atoms with Crippen molar-refractivity contribution >= 4 is 11.6 Å². The first-order valence-corrected chi connectivity index (χ1v) is 5.76. The fourth-order valence-corrected chi connectivity index (χ4v) is 2.47. The van der Waals surface area contributed by atoms with Crippen molar-refractivity contribution in [1.82, 2.24) is 5.32 Å². The molecule has 1 heterocycles. The Hall–Kier alpha value is -0.730. The van der Waals surface area contributed by atoms with Gasteiger partial charge in [0.1, 0.15) is 5.75 Å². The average molecular weight is 226 g/mol. The summed E-state index contributed by atoms with van der Waals surface area (Å²) in [5.41, 5.74) is 2.43. The summed E-state index contributed by atoms with van der Waals surface area (Å²) in [5, 5.41) is 13.4. The third-order valence-corrected chi connectivity index (χ3v) is 3.42. The van der Waals surface area contributed by atoms with E-state index in [1.165, 1.54) is 11.1 Å². The number of piperidine rings is 1. The van der Waals surface area contributed by atoms with Gasteiger partial charge in [0.05, 0.1) is 5.02 Å². The maximum atomic E-state index is 9.61. The van der Waals surface area contributed by atoms with Gasteiger partial charge in [0.2, 0.25) is 0 Å². The molecule has 1 saturated heterocycles. The Balaban J connectivity index is 2.30. The van der Waals surface area contributed by atoms with Gasteiger partial charge >= 0.3 is 0 Å². The van der Waals surface area contributed by atoms with Crippen LogP contribution in [0.15, 0.2) is 12.1 Å². The van der Waals surface area contributed by atoms with E-state index in [9.17, 15) is 5.11 Å². The zero-order valence-corrected chi connectivity index (χ0v) is 9.64. The van der Waals surface area contributed by atoms with Crippen LogP contribution >= 0.6 is 11.6 Å². The number of hydrogen-bond donors (Lipinski definition) is 2. The number of aromatic hydroxyl groups is 1. The lowest BCUT2D eigenvalue weighted by Crippen LogP contribution is -2.26. The van der Waals surface area contributed by atoms with E-state index in [2.05, 4.69) is 12.2 Å². The molecule has 0 bridgehead atoms. The first-order valence-electron chi connectivity index (χ1n) is 5.38. The minimum absolute atomic E-state index is 0.204. The van der Waals surface area contributed by atoms with E-state index in [-0.39, 0.29) is 5.75 Å². The molecule has 1 aliphatic heterocycles. The summed E-state index contributed by atoms with van der Waals surface area (Å²) in [6, 6.07) is 3.68. The maximum Gasteiger partial charge on any atom is 0.134 e. The van der Waals surface area contributed by atoms with Crippen LogP contribution in [0.3, 0.4) is 0 Å². The molecule has 0 unspecified atom stereocenters. The Bertz CT molecular complexity index is 359. The number of nitrogens with one attached hydrogen (secondary N) is 1. The summed E-state index contributed by atoms with van der Waals surface area (Å²) < 4.78 is 0. The molecule has 2 nitrogen and oxygen atoms in total. The van der Waals surface area contributed by atoms with Crippen molar-refractivity contribution in [1.29, 1.82) is 0 Å². The van der Waals surface area contributed by atoms with Gasteiger partial charge < -0.3 is 10.4 Å². The molecule has 82 valence electrons. The second-order valence-electron chi connectivity index (χ2n) is 4.18. The average Bonchev–Trinajstić information content (AvgIpc) is 2.25. The summed E-state index contributed by atoms with van der Waals surface area (Å²) in [5.74, 6) is 0.769. The molecule has 0 saturated carbocycles. The van der Waals surface area contributed by atoms with Crippen LogP contribution in [-0.2, 0) is 0 Å². The monoisotopic (exact) mass is 225 g/mol. The lowest BCUT2D eigenvalue weighted by Gasteiger charge is -2.24. The Kier molecular flexibility index (Phi) is 3.17. The molecule has 1 fully saturated rings. The number of benzene rings is 1. The number of rotatable bonds is 1. The van der Waals surface area contributed by atoms with Gasteiger partial charge in [0, 0.05) is 0 Å². The molecule has 0 radical (unpaired) electrons. The molecule has 15 heavy (non-hydrogen) atoms. The summed E-state index contributed by atoms with van der Waals surface area (Å²) in [4.78, 5) is 0. The van der Waals surface area contributed by atoms with Crippen molar-refractivity contribution in [2.45, 2.75) is 25.7 Å². The molecule has 1 aliphatic rings. The van der Waals surface area contributed by atoms with Crippen LogP contribution in [0, 0.1) is 6.92 Å². The van der Waals surface area contributed by atoms with Crippen LogP contribution in [0.5, 0.6) is 5.75 Å². The van der Waals surface area contributed by atoms with Crippen LogP contribution < -0.4 is 5.32 Å². The first-order chi connectivity index (χ1) is 7.18. The number of phenols is 1. The summed E-state index contributed by atoms with van der Waals surface area (Å²) >= 11 is 5.86. The van der Waals surface area contributed by atoms with E-state index in [1.807, 2.05) is 12.1 Å². The summed E-state index contributed by atoms with van der Waals surface area (Å²) in [7, 11) is 0. The molecule has 0 spiro atoms. The second kappa shape index (κ2) is 4.42. The standard InChI is InChI=1S/C12H16ClNO/c1-8-6-11(13)12(15)7-10(8)9-2-4-14-5-3-9/h6-7,9,14-15H,2-5H2,1H3. The molecule has 2 N–H and O–H groups in total. The van der Waals surface area contributed by atoms with Crippen LogP contribution in [0.1, 0.15) is 29.9 Å². The smallest absolute Gasteiger partial charge is 0.134 e. The zero-order chi connectivity index (χ0) is 10.8. The normalized spacial score (nSPS) is 18.0. The predicted octanol–water partition coefficient (Wildman–Crippen LogP) is 2.82. The highest BCUT2D eigenvalue weighted by molar-refractivity contribution is 6.32. The lowest BCUT2D eigenvalue weighted by atomic mass is 9.87. The van der Waals surface area contributed by atoms with Crippen molar-refractivity contribution in [2.75, 3.05) is 13.1 Å². The second-order valence-corrected chi connectivity index (χ2v) is 4.59. The van der Waals surface area contributed by atoms with Crippen LogP contribution in [0.25, 0.3) is 0 Å². The molecule has 3 heteroatoms. The minimum atomic E-state index is 0.204. The van der Waals surface area contributed by atoms with Crippen molar-refractivity contribution < 1.29 is 5.11 Å². The van der Waals surface area contributed by atoms with Crippen LogP contribution in [-0.4, -0.2) is 18.2 Å². The van der Waals surface area contributed by atoms with Crippen molar-refractivity contribution in [3.8, 4) is 5.75 Å². The van der Waals surface area contributed by atoms with E-state index in [4.69, 9.17) is 11.6 Å². The van der Waals surface area contributed by atoms with Gasteiger partial charge in [-0.25, -0.2) is 0 Å². The first kappa shape index (κ1) is 10.8. The summed E-state index contributed by atoms with van der Waals surface area (Å²) in [6.45, 7) is 4.18. The Morgan fingerprint density at radius 3 is 2.67 bits per heavy atom. The Labute approximate surface area is 95.3 Å². The number of hydrogen-bond acceptors (Lipinski definition) is 2. The molecule has 0 aromatic heterocycles. The highest BCUT2D eigenvalue weighted by Gasteiger charge is 2.18. The van der Waals surface area contributed by atoms with Gasteiger partial charge in [-0.05, 0) is 62.0 Å². The lowest BCUT2D eigenvalue weighted by molar-refractivity contribution is 0.450. The largest absolute Gasteiger partial charge is 0.506 e. The maximum absolute atomic E-state index is 9.61. The number of halogens is 1. The van der Waals surface area contributed by atoms with E-state index in [0.717, 1.165) is 25.9 Å². The van der Waals surface area contributed by atoms with E-state index in [0.29, 0.717) is 10.9 Å². The van der Waals surface area contributed by atoms with E-state index < -0.39 is 0 Å². The zero-order valence-electron chi connectivity index (χ0n) is 8.89. The van der Waals surface area contributed by atoms with E-state index in [1.54, 1.807) is 0 Å². The molecule has 2 rings (SSSR count). The topological polar surface area (TPSA) is 32.3 Å². The van der Waals surface area contributed by atoms with Gasteiger partial charge in [0.15, 0.2) is 0 Å². The Morgan fingerprint density at radius 2 is 2.00 bits per heavy atom. The van der Waals surface area contributed by atoms with Gasteiger partial charge in [-0.1, -0.05) is 11.6 Å². The van der Waals surface area contributed by atoms with Crippen molar-refractivity contribution in [2.24, 2.45) is 0 Å². The van der Waals surface area contributed by atoms with Gasteiger partial charge in [-0.2, -0.15) is 0 Å². The van der Waals surface area contributed by atoms with Crippen LogP contribution in [0.2, 0.25) is 5.02 Å². The van der Waals surface area contributed by atoms with E-state index >= 15 is 0 Å². The van der Waals surface area contributed by atoms with Gasteiger partial charge in [-0.3, -0.25) is 0 Å². The molecular weight excluding hydrogens is 210 g/mol. The fraction of sp³-hybridized carbons (Fsp3) is 0.500. The van der Waals surface area contributed by atoms with Crippen molar-refractivity contribution in [3.63, 3.8) is 0 Å². The molecule has 1 aromatic carbocycles. The Morgan fingerprint density at radius 1 is 1.33 bits per heavy atom. The van der Waals surface area contributed by atoms with Gasteiger partial charge in [-0.15, -0.1) is 0 Å². The molecule has 0 aliphatic carbocycles. The molecule has 1 aromatic rings. The predicted molar refractivity (Wildman–Crippen MR) is 62.7 cm³/mol. The van der Waals surface area contributed by atoms with Crippen LogP contribution in [0.4, 0.5) is 0 Å².